The molecule has 0 fully saturated rings. The maximum absolute atomic E-state index is 12.8. The van der Waals surface area contributed by atoms with E-state index in [1.807, 2.05) is 36.4 Å². The Labute approximate surface area is 215 Å². The van der Waals surface area contributed by atoms with Crippen molar-refractivity contribution in [2.75, 3.05) is 0 Å². The summed E-state index contributed by atoms with van der Waals surface area (Å²) < 4.78 is 10.9. The van der Waals surface area contributed by atoms with Crippen molar-refractivity contribution < 1.29 is 34.1 Å². The van der Waals surface area contributed by atoms with Crippen LogP contribution in [-0.2, 0) is 34.0 Å². The SMILES string of the molecule is C[C@@H](O)[C@H](NC(=O)OCc1ccccc1)C(=O)N[C@@H](Cc1cccc(OCc2ccccc2)c1)C(=O)O. The fourth-order valence-corrected chi connectivity index (χ4v) is 3.50. The molecule has 0 heterocycles. The highest BCUT2D eigenvalue weighted by atomic mass is 16.5. The van der Waals surface area contributed by atoms with E-state index in [0.717, 1.165) is 11.1 Å². The predicted molar refractivity (Wildman–Crippen MR) is 136 cm³/mol. The smallest absolute Gasteiger partial charge is 0.408 e. The number of carbonyl (C=O) groups is 3. The van der Waals surface area contributed by atoms with Gasteiger partial charge in [-0.3, -0.25) is 4.79 Å². The number of aliphatic hydroxyl groups is 1. The summed E-state index contributed by atoms with van der Waals surface area (Å²) in [5, 5.41) is 24.4. The standard InChI is InChI=1S/C28H30N2O7/c1-19(31)25(30-28(35)37-18-21-11-6-3-7-12-21)26(32)29-24(27(33)34)16-22-13-8-14-23(15-22)36-17-20-9-4-2-5-10-20/h2-15,19,24-25,31H,16-18H2,1H3,(H,29,32)(H,30,35)(H,33,34)/t19-,24+,25+/m1/s1. The molecule has 0 saturated heterocycles. The van der Waals surface area contributed by atoms with Gasteiger partial charge in [-0.2, -0.15) is 0 Å². The molecule has 3 aromatic carbocycles. The summed E-state index contributed by atoms with van der Waals surface area (Å²) in [6, 6.07) is 22.8. The van der Waals surface area contributed by atoms with Gasteiger partial charge in [0.15, 0.2) is 0 Å². The Hall–Kier alpha value is -4.37. The van der Waals surface area contributed by atoms with Gasteiger partial charge in [-0.15, -0.1) is 0 Å². The third kappa shape index (κ3) is 8.97. The van der Waals surface area contributed by atoms with Crippen molar-refractivity contribution >= 4 is 18.0 Å². The van der Waals surface area contributed by atoms with Crippen LogP contribution in [0.1, 0.15) is 23.6 Å². The van der Waals surface area contributed by atoms with Gasteiger partial charge in [0.25, 0.3) is 0 Å². The fraction of sp³-hybridized carbons (Fsp3) is 0.250. The Kier molecular flexibility index (Phi) is 10.0. The fourth-order valence-electron chi connectivity index (χ4n) is 3.50. The molecular weight excluding hydrogens is 476 g/mol. The van der Waals surface area contributed by atoms with E-state index in [4.69, 9.17) is 9.47 Å². The second-order valence-electron chi connectivity index (χ2n) is 8.45. The number of aliphatic hydroxyl groups excluding tert-OH is 1. The van der Waals surface area contributed by atoms with Crippen molar-refractivity contribution in [1.29, 1.82) is 0 Å². The first-order valence-electron chi connectivity index (χ1n) is 11.8. The largest absolute Gasteiger partial charge is 0.489 e. The van der Waals surface area contributed by atoms with Gasteiger partial charge in [0.1, 0.15) is 31.0 Å². The molecule has 0 bridgehead atoms. The zero-order valence-electron chi connectivity index (χ0n) is 20.4. The minimum atomic E-state index is -1.41. The van der Waals surface area contributed by atoms with Crippen molar-refractivity contribution in [3.63, 3.8) is 0 Å². The second kappa shape index (κ2) is 13.6. The normalized spacial score (nSPS) is 13.0. The van der Waals surface area contributed by atoms with Gasteiger partial charge in [-0.05, 0) is 35.7 Å². The molecule has 2 amide bonds. The topological polar surface area (TPSA) is 134 Å². The number of rotatable bonds is 12. The Morgan fingerprint density at radius 3 is 2.00 bits per heavy atom. The summed E-state index contributed by atoms with van der Waals surface area (Å²) in [4.78, 5) is 36.9. The number of nitrogens with one attached hydrogen (secondary N) is 2. The molecule has 3 rings (SSSR count). The number of hydrogen-bond donors (Lipinski definition) is 4. The van der Waals surface area contributed by atoms with E-state index in [9.17, 15) is 24.6 Å². The zero-order chi connectivity index (χ0) is 26.6. The van der Waals surface area contributed by atoms with Crippen LogP contribution in [0.5, 0.6) is 5.75 Å². The Balaban J connectivity index is 1.58. The molecule has 3 atom stereocenters. The Morgan fingerprint density at radius 2 is 1.41 bits per heavy atom. The number of aliphatic carboxylic acids is 1. The molecule has 0 aliphatic rings. The molecular formula is C28H30N2O7. The third-order valence-electron chi connectivity index (χ3n) is 5.45. The first kappa shape index (κ1) is 27.2. The molecule has 194 valence electrons. The number of carbonyl (C=O) groups excluding carboxylic acids is 2. The number of benzene rings is 3. The van der Waals surface area contributed by atoms with Crippen LogP contribution >= 0.6 is 0 Å². The van der Waals surface area contributed by atoms with E-state index in [0.29, 0.717) is 17.9 Å². The summed E-state index contributed by atoms with van der Waals surface area (Å²) in [6.07, 6.45) is -2.25. The van der Waals surface area contributed by atoms with E-state index in [-0.39, 0.29) is 13.0 Å². The highest BCUT2D eigenvalue weighted by Gasteiger charge is 2.30. The lowest BCUT2D eigenvalue weighted by Crippen LogP contribution is -2.56. The average molecular weight is 507 g/mol. The molecule has 9 nitrogen and oxygen atoms in total. The lowest BCUT2D eigenvalue weighted by molar-refractivity contribution is -0.142. The number of alkyl carbamates (subject to hydrolysis) is 1. The van der Waals surface area contributed by atoms with Crippen LogP contribution in [0, 0.1) is 0 Å². The summed E-state index contributed by atoms with van der Waals surface area (Å²) >= 11 is 0. The molecule has 0 saturated carbocycles. The quantitative estimate of drug-likeness (QED) is 0.297. The van der Waals surface area contributed by atoms with Gasteiger partial charge in [0.05, 0.1) is 6.10 Å². The van der Waals surface area contributed by atoms with Crippen LogP contribution in [0.2, 0.25) is 0 Å². The summed E-state index contributed by atoms with van der Waals surface area (Å²) in [5.74, 6) is -1.56. The molecule has 0 spiro atoms. The van der Waals surface area contributed by atoms with Crippen molar-refractivity contribution in [2.45, 2.75) is 44.7 Å². The summed E-state index contributed by atoms with van der Waals surface area (Å²) in [5.41, 5.74) is 2.36. The minimum absolute atomic E-state index is 0.0265. The van der Waals surface area contributed by atoms with E-state index >= 15 is 0 Å². The first-order valence-corrected chi connectivity index (χ1v) is 11.8. The summed E-state index contributed by atoms with van der Waals surface area (Å²) in [7, 11) is 0. The monoisotopic (exact) mass is 506 g/mol. The third-order valence-corrected chi connectivity index (χ3v) is 5.45. The van der Waals surface area contributed by atoms with Gasteiger partial charge in [-0.1, -0.05) is 72.8 Å². The van der Waals surface area contributed by atoms with Gasteiger partial charge in [0, 0.05) is 6.42 Å². The lowest BCUT2D eigenvalue weighted by atomic mass is 10.0. The van der Waals surface area contributed by atoms with Crippen LogP contribution in [0.15, 0.2) is 84.9 Å². The molecule has 0 aromatic heterocycles. The highest BCUT2D eigenvalue weighted by molar-refractivity contribution is 5.89. The average Bonchev–Trinajstić information content (AvgIpc) is 2.90. The van der Waals surface area contributed by atoms with E-state index in [2.05, 4.69) is 10.6 Å². The predicted octanol–water partition coefficient (Wildman–Crippen LogP) is 3.05. The molecule has 9 heteroatoms. The molecule has 4 N–H and O–H groups in total. The van der Waals surface area contributed by atoms with Crippen LogP contribution < -0.4 is 15.4 Å². The van der Waals surface area contributed by atoms with E-state index in [1.165, 1.54) is 6.92 Å². The number of carboxylic acid groups (broad SMARTS) is 1. The Morgan fingerprint density at radius 1 is 0.811 bits per heavy atom. The molecule has 37 heavy (non-hydrogen) atoms. The van der Waals surface area contributed by atoms with E-state index < -0.39 is 36.2 Å². The van der Waals surface area contributed by atoms with Gasteiger partial charge in [0.2, 0.25) is 5.91 Å². The van der Waals surface area contributed by atoms with Crippen molar-refractivity contribution in [3.05, 3.63) is 102 Å². The van der Waals surface area contributed by atoms with Crippen LogP contribution in [-0.4, -0.2) is 46.4 Å². The van der Waals surface area contributed by atoms with Crippen molar-refractivity contribution in [3.8, 4) is 5.75 Å². The van der Waals surface area contributed by atoms with Crippen LogP contribution in [0.25, 0.3) is 0 Å². The first-order chi connectivity index (χ1) is 17.8. The minimum Gasteiger partial charge on any atom is -0.489 e. The molecule has 0 aliphatic carbocycles. The Bertz CT molecular complexity index is 1170. The number of ether oxygens (including phenoxy) is 2. The molecule has 3 aromatic rings. The molecule has 0 unspecified atom stereocenters. The van der Waals surface area contributed by atoms with Gasteiger partial charge in [-0.25, -0.2) is 9.59 Å². The molecule has 0 radical (unpaired) electrons. The van der Waals surface area contributed by atoms with Crippen molar-refractivity contribution in [1.82, 2.24) is 10.6 Å². The van der Waals surface area contributed by atoms with Crippen molar-refractivity contribution in [2.24, 2.45) is 0 Å². The zero-order valence-corrected chi connectivity index (χ0v) is 20.4. The van der Waals surface area contributed by atoms with Gasteiger partial charge < -0.3 is 30.3 Å². The highest BCUT2D eigenvalue weighted by Crippen LogP contribution is 2.17. The maximum atomic E-state index is 12.8. The van der Waals surface area contributed by atoms with Gasteiger partial charge >= 0.3 is 12.1 Å². The number of amides is 2. The lowest BCUT2D eigenvalue weighted by Gasteiger charge is -2.23. The summed E-state index contributed by atoms with van der Waals surface area (Å²) in [6.45, 7) is 1.64. The second-order valence-corrected chi connectivity index (χ2v) is 8.45. The van der Waals surface area contributed by atoms with Crippen LogP contribution in [0.4, 0.5) is 4.79 Å². The maximum Gasteiger partial charge on any atom is 0.408 e. The number of carboxylic acids is 1. The van der Waals surface area contributed by atoms with E-state index in [1.54, 1.807) is 48.5 Å². The van der Waals surface area contributed by atoms with Crippen LogP contribution in [0.3, 0.4) is 0 Å². The number of hydrogen-bond acceptors (Lipinski definition) is 6. The molecule has 0 aliphatic heterocycles.